The zero-order chi connectivity index (χ0) is 20.2. The molecule has 0 radical (unpaired) electrons. The summed E-state index contributed by atoms with van der Waals surface area (Å²) in [5.41, 5.74) is 12.1. The summed E-state index contributed by atoms with van der Waals surface area (Å²) in [5.74, 6) is 1.04. The molecule has 1 aliphatic rings. The Bertz CT molecular complexity index is 985. The molecule has 0 bridgehead atoms. The summed E-state index contributed by atoms with van der Waals surface area (Å²) < 4.78 is 2.33. The molecule has 4 rings (SSSR count). The molecule has 5 nitrogen and oxygen atoms in total. The van der Waals surface area contributed by atoms with Crippen molar-refractivity contribution in [2.75, 3.05) is 23.3 Å². The third-order valence-electron chi connectivity index (χ3n) is 5.49. The number of anilines is 2. The first kappa shape index (κ1) is 19.5. The molecular formula is C24H31N5. The standard InChI is InChI=1S/C24H31N5/c1-18(2)12-14-29-23-15-21(26-16-19-7-4-3-5-8-19)10-11-22(23)27-24(29)28-13-6-9-20(25)17-28/h3-5,7-8,10-12,15,20,26H,6,9,13-14,16-17,25H2,1-2H3/t20-/m1/s1. The highest BCUT2D eigenvalue weighted by Crippen LogP contribution is 2.27. The van der Waals surface area contributed by atoms with E-state index in [0.29, 0.717) is 0 Å². The van der Waals surface area contributed by atoms with Gasteiger partial charge in [0.1, 0.15) is 0 Å². The molecule has 0 amide bonds. The van der Waals surface area contributed by atoms with Crippen LogP contribution in [0.3, 0.4) is 0 Å². The number of rotatable bonds is 6. The highest BCUT2D eigenvalue weighted by atomic mass is 15.3. The van der Waals surface area contributed by atoms with E-state index < -0.39 is 0 Å². The minimum Gasteiger partial charge on any atom is -0.381 e. The summed E-state index contributed by atoms with van der Waals surface area (Å²) in [7, 11) is 0. The molecule has 2 heterocycles. The van der Waals surface area contributed by atoms with Crippen molar-refractivity contribution in [1.82, 2.24) is 9.55 Å². The zero-order valence-electron chi connectivity index (χ0n) is 17.4. The summed E-state index contributed by atoms with van der Waals surface area (Å²) in [6.07, 6.45) is 4.48. The number of hydrogen-bond acceptors (Lipinski definition) is 4. The summed E-state index contributed by atoms with van der Waals surface area (Å²) in [6, 6.07) is 17.2. The quantitative estimate of drug-likeness (QED) is 0.608. The Morgan fingerprint density at radius 3 is 2.79 bits per heavy atom. The lowest BCUT2D eigenvalue weighted by atomic mass is 10.1. The van der Waals surface area contributed by atoms with Crippen molar-refractivity contribution in [2.24, 2.45) is 5.73 Å². The highest BCUT2D eigenvalue weighted by molar-refractivity contribution is 5.82. The van der Waals surface area contributed by atoms with E-state index in [1.165, 1.54) is 11.1 Å². The molecule has 29 heavy (non-hydrogen) atoms. The van der Waals surface area contributed by atoms with Gasteiger partial charge in [0, 0.05) is 37.9 Å². The van der Waals surface area contributed by atoms with Crippen molar-refractivity contribution in [3.8, 4) is 0 Å². The second-order valence-electron chi connectivity index (χ2n) is 8.19. The van der Waals surface area contributed by atoms with Gasteiger partial charge >= 0.3 is 0 Å². The first-order valence-corrected chi connectivity index (χ1v) is 10.5. The van der Waals surface area contributed by atoms with Crippen molar-refractivity contribution in [2.45, 2.75) is 45.8 Å². The number of benzene rings is 2. The number of aromatic nitrogens is 2. The lowest BCUT2D eigenvalue weighted by Crippen LogP contribution is -2.43. The van der Waals surface area contributed by atoms with Gasteiger partial charge in [0.05, 0.1) is 11.0 Å². The van der Waals surface area contributed by atoms with Crippen LogP contribution in [-0.2, 0) is 13.1 Å². The largest absolute Gasteiger partial charge is 0.381 e. The van der Waals surface area contributed by atoms with Crippen LogP contribution in [0.25, 0.3) is 11.0 Å². The number of nitrogens with one attached hydrogen (secondary N) is 1. The third-order valence-corrected chi connectivity index (χ3v) is 5.49. The van der Waals surface area contributed by atoms with Crippen LogP contribution < -0.4 is 16.0 Å². The Kier molecular flexibility index (Phi) is 5.86. The summed E-state index contributed by atoms with van der Waals surface area (Å²) in [6.45, 7) is 7.80. The fourth-order valence-corrected chi connectivity index (χ4v) is 3.91. The molecule has 1 atom stereocenters. The molecule has 0 aliphatic carbocycles. The predicted molar refractivity (Wildman–Crippen MR) is 122 cm³/mol. The van der Waals surface area contributed by atoms with E-state index in [-0.39, 0.29) is 6.04 Å². The number of fused-ring (bicyclic) bond motifs is 1. The van der Waals surface area contributed by atoms with Gasteiger partial charge in [-0.2, -0.15) is 0 Å². The number of hydrogen-bond donors (Lipinski definition) is 2. The number of allylic oxidation sites excluding steroid dienone is 2. The Morgan fingerprint density at radius 2 is 2.03 bits per heavy atom. The van der Waals surface area contributed by atoms with E-state index in [4.69, 9.17) is 10.7 Å². The lowest BCUT2D eigenvalue weighted by Gasteiger charge is -2.31. The van der Waals surface area contributed by atoms with Crippen molar-refractivity contribution in [3.05, 3.63) is 65.7 Å². The molecule has 2 aromatic carbocycles. The van der Waals surface area contributed by atoms with Crippen LogP contribution in [0.4, 0.5) is 11.6 Å². The van der Waals surface area contributed by atoms with Crippen LogP contribution in [-0.4, -0.2) is 28.7 Å². The average molecular weight is 390 g/mol. The maximum absolute atomic E-state index is 6.25. The Hall–Kier alpha value is -2.79. The summed E-state index contributed by atoms with van der Waals surface area (Å²) >= 11 is 0. The molecule has 5 heteroatoms. The van der Waals surface area contributed by atoms with Crippen LogP contribution in [0, 0.1) is 0 Å². The van der Waals surface area contributed by atoms with E-state index in [1.54, 1.807) is 0 Å². The van der Waals surface area contributed by atoms with Crippen LogP contribution in [0.2, 0.25) is 0 Å². The topological polar surface area (TPSA) is 59.1 Å². The molecule has 1 saturated heterocycles. The van der Waals surface area contributed by atoms with Gasteiger partial charge in [0.2, 0.25) is 5.95 Å². The van der Waals surface area contributed by atoms with E-state index in [1.807, 2.05) is 6.07 Å². The van der Waals surface area contributed by atoms with E-state index >= 15 is 0 Å². The van der Waals surface area contributed by atoms with Gasteiger partial charge in [-0.15, -0.1) is 0 Å². The SMILES string of the molecule is CC(C)=CCn1c(N2CCC[C@@H](N)C2)nc2ccc(NCc3ccccc3)cc21. The Morgan fingerprint density at radius 1 is 1.21 bits per heavy atom. The number of nitrogens with two attached hydrogens (primary N) is 1. The minimum atomic E-state index is 0.226. The Balaban J connectivity index is 1.66. The van der Waals surface area contributed by atoms with Gasteiger partial charge < -0.3 is 20.5 Å². The second-order valence-corrected chi connectivity index (χ2v) is 8.19. The number of nitrogens with zero attached hydrogens (tertiary/aromatic N) is 3. The molecule has 1 aromatic heterocycles. The first-order chi connectivity index (χ1) is 14.1. The second kappa shape index (κ2) is 8.70. The van der Waals surface area contributed by atoms with Crippen molar-refractivity contribution in [1.29, 1.82) is 0 Å². The Labute approximate surface area is 173 Å². The smallest absolute Gasteiger partial charge is 0.206 e. The molecule has 1 aliphatic heterocycles. The van der Waals surface area contributed by atoms with Gasteiger partial charge in [-0.05, 0) is 50.5 Å². The summed E-state index contributed by atoms with van der Waals surface area (Å²) in [4.78, 5) is 7.34. The van der Waals surface area contributed by atoms with Gasteiger partial charge in [-0.25, -0.2) is 4.98 Å². The van der Waals surface area contributed by atoms with Gasteiger partial charge in [-0.1, -0.05) is 42.0 Å². The maximum atomic E-state index is 6.25. The zero-order valence-corrected chi connectivity index (χ0v) is 17.4. The van der Waals surface area contributed by atoms with Crippen LogP contribution in [0.15, 0.2) is 60.2 Å². The fourth-order valence-electron chi connectivity index (χ4n) is 3.91. The predicted octanol–water partition coefficient (Wildman–Crippen LogP) is 4.54. The van der Waals surface area contributed by atoms with Gasteiger partial charge in [0.25, 0.3) is 0 Å². The van der Waals surface area contributed by atoms with E-state index in [9.17, 15) is 0 Å². The molecule has 0 unspecified atom stereocenters. The van der Waals surface area contributed by atoms with E-state index in [0.717, 1.165) is 61.7 Å². The normalized spacial score (nSPS) is 16.8. The molecule has 3 N–H and O–H groups in total. The minimum absolute atomic E-state index is 0.226. The van der Waals surface area contributed by atoms with Crippen molar-refractivity contribution in [3.63, 3.8) is 0 Å². The monoisotopic (exact) mass is 389 g/mol. The van der Waals surface area contributed by atoms with Crippen molar-refractivity contribution < 1.29 is 0 Å². The summed E-state index contributed by atoms with van der Waals surface area (Å²) in [5, 5.41) is 3.55. The van der Waals surface area contributed by atoms with E-state index in [2.05, 4.69) is 77.2 Å². The molecule has 0 spiro atoms. The van der Waals surface area contributed by atoms with Crippen molar-refractivity contribution >= 4 is 22.7 Å². The fraction of sp³-hybridized carbons (Fsp3) is 0.375. The molecule has 3 aromatic rings. The third kappa shape index (κ3) is 4.62. The number of piperidine rings is 1. The van der Waals surface area contributed by atoms with Crippen LogP contribution in [0.5, 0.6) is 0 Å². The first-order valence-electron chi connectivity index (χ1n) is 10.5. The molecule has 1 fully saturated rings. The van der Waals surface area contributed by atoms with Gasteiger partial charge in [0.15, 0.2) is 0 Å². The number of imidazole rings is 1. The van der Waals surface area contributed by atoms with Gasteiger partial charge in [-0.3, -0.25) is 0 Å². The van der Waals surface area contributed by atoms with Crippen LogP contribution in [0.1, 0.15) is 32.3 Å². The molecular weight excluding hydrogens is 358 g/mol. The maximum Gasteiger partial charge on any atom is 0.206 e. The lowest BCUT2D eigenvalue weighted by molar-refractivity contribution is 0.495. The molecule has 152 valence electrons. The molecule has 0 saturated carbocycles. The van der Waals surface area contributed by atoms with Crippen LogP contribution >= 0.6 is 0 Å². The highest BCUT2D eigenvalue weighted by Gasteiger charge is 2.22. The average Bonchev–Trinajstić information content (AvgIpc) is 3.09.